The van der Waals surface area contributed by atoms with E-state index in [1.54, 1.807) is 0 Å². The lowest BCUT2D eigenvalue weighted by Crippen LogP contribution is -2.27. The molecular formula is C112H88N2. The summed E-state index contributed by atoms with van der Waals surface area (Å²) in [6.45, 7) is 21.5. The second-order valence-corrected chi connectivity index (χ2v) is 35.6. The molecule has 0 aliphatic heterocycles. The highest BCUT2D eigenvalue weighted by molar-refractivity contribution is 6.00. The van der Waals surface area contributed by atoms with Gasteiger partial charge in [-0.25, -0.2) is 0 Å². The molecule has 0 aromatic heterocycles. The molecule has 0 atom stereocenters. The quantitative estimate of drug-likeness (QED) is 0.127. The molecule has 0 N–H and O–H groups in total. The van der Waals surface area contributed by atoms with E-state index in [9.17, 15) is 0 Å². The Kier molecular flexibility index (Phi) is 14.6. The summed E-state index contributed by atoms with van der Waals surface area (Å²) in [5, 5.41) is 0. The lowest BCUT2D eigenvalue weighted by atomic mass is 9.69. The smallest absolute Gasteiger partial charge is 0.0726 e. The molecule has 0 amide bonds. The second-order valence-electron chi connectivity index (χ2n) is 35.6. The summed E-state index contributed by atoms with van der Waals surface area (Å²) >= 11 is 0. The Morgan fingerprint density at radius 2 is 0.518 bits per heavy atom. The van der Waals surface area contributed by atoms with Crippen molar-refractivity contribution >= 4 is 34.1 Å². The van der Waals surface area contributed by atoms with Gasteiger partial charge in [0.15, 0.2) is 0 Å². The van der Waals surface area contributed by atoms with E-state index in [1.807, 2.05) is 0 Å². The van der Waals surface area contributed by atoms with Gasteiger partial charge in [0.05, 0.1) is 16.5 Å². The third kappa shape index (κ3) is 9.61. The zero-order valence-corrected chi connectivity index (χ0v) is 66.2. The third-order valence-corrected chi connectivity index (χ3v) is 27.2. The number of fused-ring (bicyclic) bond motifs is 26. The van der Waals surface area contributed by atoms with E-state index < -0.39 is 10.8 Å². The maximum absolute atomic E-state index is 2.60. The summed E-state index contributed by atoms with van der Waals surface area (Å²) in [4.78, 5) is 5.07. The topological polar surface area (TPSA) is 6.48 Å². The lowest BCUT2D eigenvalue weighted by molar-refractivity contribution is 0.521. The summed E-state index contributed by atoms with van der Waals surface area (Å²) in [5.74, 6) is 0. The van der Waals surface area contributed by atoms with Crippen LogP contribution >= 0.6 is 0 Å². The SMILES string of the molecule is CC(C)(C)c1ccc2c(c1)C1(c3ccccc3-c3ccccc31)c1cc(N(c3ccc(-c4ccc(CC(C)(C)c5ccc6c(c5)C5(c7ccccc7-c7ccccc75)c5cc(N(c7ccc8c(c7)C(C)(C)c7ccccc7-8)c7ccccc7-c7ccccc7)ccc5-6)cc4)cc3)c3ccc4c(c3)C(C)(C)c3ccccc3-4)ccc1-2. The average molecular weight is 1460 g/mol. The van der Waals surface area contributed by atoms with Crippen LogP contribution in [0.15, 0.2) is 358 Å². The number of hydrogen-bond donors (Lipinski definition) is 0. The van der Waals surface area contributed by atoms with Crippen molar-refractivity contribution < 1.29 is 0 Å². The monoisotopic (exact) mass is 1460 g/mol. The number of hydrogen-bond acceptors (Lipinski definition) is 2. The van der Waals surface area contributed by atoms with Gasteiger partial charge in [-0.15, -0.1) is 0 Å². The lowest BCUT2D eigenvalue weighted by Gasteiger charge is -2.34. The Bertz CT molecular complexity index is 6620. The Balaban J connectivity index is 0.622. The van der Waals surface area contributed by atoms with E-state index in [0.717, 1.165) is 40.5 Å². The first kappa shape index (κ1) is 68.0. The fourth-order valence-electron chi connectivity index (χ4n) is 21.7. The van der Waals surface area contributed by atoms with Crippen molar-refractivity contribution in [2.24, 2.45) is 0 Å². The zero-order chi connectivity index (χ0) is 76.9. The Morgan fingerprint density at radius 3 is 0.947 bits per heavy atom. The number of anilines is 6. The minimum atomic E-state index is -0.590. The molecule has 0 fully saturated rings. The van der Waals surface area contributed by atoms with Gasteiger partial charge in [0.2, 0.25) is 0 Å². The summed E-state index contributed by atoms with van der Waals surface area (Å²) in [6, 6.07) is 138. The first-order valence-corrected chi connectivity index (χ1v) is 40.8. The predicted octanol–water partition coefficient (Wildman–Crippen LogP) is 29.1. The molecular weight excluding hydrogens is 1370 g/mol. The van der Waals surface area contributed by atoms with Crippen molar-refractivity contribution in [1.29, 1.82) is 0 Å². The van der Waals surface area contributed by atoms with Gasteiger partial charge >= 0.3 is 0 Å². The van der Waals surface area contributed by atoms with Crippen molar-refractivity contribution in [3.05, 3.63) is 441 Å². The molecule has 0 saturated carbocycles. The van der Waals surface area contributed by atoms with Gasteiger partial charge in [0, 0.05) is 44.8 Å². The molecule has 0 bridgehead atoms. The molecule has 6 aliphatic rings. The molecule has 0 unspecified atom stereocenters. The maximum atomic E-state index is 2.60. The fourth-order valence-corrected chi connectivity index (χ4v) is 21.7. The standard InChI is InChI=1S/C112H88N2/c1-107(2,3)74-49-57-90-92-61-54-78(67-104(92)111(102(90)63-74)96-38-22-15-32-84(96)85-33-16-23-39-97(85)111)113(77-53-59-88-82-30-13-20-36-94(82)109(6,7)100(88)65-77)76-51-47-72(48-52-76)71-45-43-70(44-46-71)69-108(4,5)75-50-58-91-93-62-56-80(68-105(93)112(103(91)64-75)98-40-24-17-34-86(98)87-35-18-25-41-99(87)112)114(106-42-26-19-29-81(106)73-27-11-10-12-28-73)79-55-60-89-83-31-14-21-37-95(83)110(8,9)101(89)66-79/h10-68H,69H2,1-9H3. The number of rotatable bonds is 11. The summed E-state index contributed by atoms with van der Waals surface area (Å²) in [6.07, 6.45) is 0.862. The first-order valence-electron chi connectivity index (χ1n) is 40.8. The van der Waals surface area contributed by atoms with E-state index in [1.165, 1.54) is 172 Å². The minimum absolute atomic E-state index is 0.0354. The fraction of sp³-hybridized carbons (Fsp3) is 0.143. The van der Waals surface area contributed by atoms with Crippen LogP contribution in [0.2, 0.25) is 0 Å². The van der Waals surface area contributed by atoms with Crippen LogP contribution in [-0.2, 0) is 38.9 Å². The second kappa shape index (κ2) is 24.6. The van der Waals surface area contributed by atoms with Gasteiger partial charge in [-0.3, -0.25) is 0 Å². The van der Waals surface area contributed by atoms with Crippen LogP contribution in [0, 0.1) is 0 Å². The summed E-state index contributed by atoms with van der Waals surface area (Å²) in [5.41, 5.74) is 45.6. The van der Waals surface area contributed by atoms with Gasteiger partial charge in [0.25, 0.3) is 0 Å². The van der Waals surface area contributed by atoms with E-state index >= 15 is 0 Å². The normalized spacial score (nSPS) is 14.9. The molecule has 0 saturated heterocycles. The summed E-state index contributed by atoms with van der Waals surface area (Å²) in [7, 11) is 0. The number of para-hydroxylation sites is 1. The highest BCUT2D eigenvalue weighted by atomic mass is 15.2. The Hall–Kier alpha value is -12.9. The zero-order valence-electron chi connectivity index (χ0n) is 66.2. The predicted molar refractivity (Wildman–Crippen MR) is 476 cm³/mol. The molecule has 2 heteroatoms. The molecule has 22 rings (SSSR count). The van der Waals surface area contributed by atoms with Gasteiger partial charge in [-0.05, 0) is 251 Å². The molecule has 114 heavy (non-hydrogen) atoms. The minimum Gasteiger partial charge on any atom is -0.310 e. The third-order valence-electron chi connectivity index (χ3n) is 27.2. The molecule has 0 heterocycles. The number of nitrogens with zero attached hydrogens (tertiary/aromatic N) is 2. The van der Waals surface area contributed by atoms with Crippen LogP contribution in [-0.4, -0.2) is 0 Å². The van der Waals surface area contributed by atoms with Crippen LogP contribution in [0.1, 0.15) is 146 Å². The van der Waals surface area contributed by atoms with Gasteiger partial charge in [0.1, 0.15) is 0 Å². The van der Waals surface area contributed by atoms with Crippen LogP contribution in [0.5, 0.6) is 0 Å². The summed E-state index contributed by atoms with van der Waals surface area (Å²) < 4.78 is 0. The molecule has 2 spiro atoms. The van der Waals surface area contributed by atoms with E-state index in [-0.39, 0.29) is 21.7 Å². The Morgan fingerprint density at radius 1 is 0.219 bits per heavy atom. The molecule has 2 nitrogen and oxygen atoms in total. The van der Waals surface area contributed by atoms with Crippen LogP contribution in [0.4, 0.5) is 34.1 Å². The van der Waals surface area contributed by atoms with Crippen molar-refractivity contribution in [3.8, 4) is 89.0 Å². The average Bonchev–Trinajstić information content (AvgIpc) is 1.51. The van der Waals surface area contributed by atoms with Gasteiger partial charge < -0.3 is 9.80 Å². The van der Waals surface area contributed by atoms with E-state index in [2.05, 4.69) is 430 Å². The highest BCUT2D eigenvalue weighted by Crippen LogP contribution is 2.67. The van der Waals surface area contributed by atoms with Gasteiger partial charge in [-0.1, -0.05) is 353 Å². The van der Waals surface area contributed by atoms with Crippen LogP contribution in [0.25, 0.3) is 89.0 Å². The van der Waals surface area contributed by atoms with Crippen molar-refractivity contribution in [2.45, 2.75) is 101 Å². The molecule has 6 aliphatic carbocycles. The molecule has 0 radical (unpaired) electrons. The molecule has 16 aromatic rings. The van der Waals surface area contributed by atoms with E-state index in [0.29, 0.717) is 0 Å². The molecule has 16 aromatic carbocycles. The molecule has 546 valence electrons. The number of benzene rings is 16. The Labute approximate surface area is 671 Å². The van der Waals surface area contributed by atoms with Crippen molar-refractivity contribution in [1.82, 2.24) is 0 Å². The highest BCUT2D eigenvalue weighted by Gasteiger charge is 2.54. The van der Waals surface area contributed by atoms with Gasteiger partial charge in [-0.2, -0.15) is 0 Å². The van der Waals surface area contributed by atoms with Crippen molar-refractivity contribution in [3.63, 3.8) is 0 Å². The largest absolute Gasteiger partial charge is 0.310 e. The van der Waals surface area contributed by atoms with Crippen LogP contribution in [0.3, 0.4) is 0 Å². The van der Waals surface area contributed by atoms with Crippen LogP contribution < -0.4 is 9.80 Å². The maximum Gasteiger partial charge on any atom is 0.0726 e. The first-order chi connectivity index (χ1) is 55.4. The van der Waals surface area contributed by atoms with E-state index in [4.69, 9.17) is 0 Å². The van der Waals surface area contributed by atoms with Crippen molar-refractivity contribution in [2.75, 3.05) is 9.80 Å².